The molecule has 2 rings (SSSR count). The Kier molecular flexibility index (Phi) is 3.93. The summed E-state index contributed by atoms with van der Waals surface area (Å²) >= 11 is 0. The van der Waals surface area contributed by atoms with Crippen LogP contribution in [0.2, 0.25) is 0 Å². The van der Waals surface area contributed by atoms with Crippen molar-refractivity contribution in [3.8, 4) is 6.07 Å². The molecule has 20 heavy (non-hydrogen) atoms. The van der Waals surface area contributed by atoms with Crippen molar-refractivity contribution in [3.05, 3.63) is 29.6 Å². The highest BCUT2D eigenvalue weighted by Crippen LogP contribution is 2.39. The van der Waals surface area contributed by atoms with Crippen LogP contribution in [0, 0.1) is 30.0 Å². The van der Waals surface area contributed by atoms with E-state index in [0.717, 1.165) is 12.8 Å². The molecule has 0 aromatic heterocycles. The summed E-state index contributed by atoms with van der Waals surface area (Å²) in [6.45, 7) is 3.44. The Morgan fingerprint density at radius 2 is 2.25 bits per heavy atom. The molecule has 0 saturated heterocycles. The van der Waals surface area contributed by atoms with Gasteiger partial charge in [0.05, 0.1) is 12.6 Å². The third-order valence-electron chi connectivity index (χ3n) is 3.65. The zero-order valence-corrected chi connectivity index (χ0v) is 11.7. The van der Waals surface area contributed by atoms with Crippen molar-refractivity contribution < 1.29 is 9.18 Å². The molecule has 0 radical (unpaired) electrons. The summed E-state index contributed by atoms with van der Waals surface area (Å²) < 4.78 is 13.4. The zero-order chi connectivity index (χ0) is 14.8. The summed E-state index contributed by atoms with van der Waals surface area (Å²) in [4.78, 5) is 11.9. The van der Waals surface area contributed by atoms with Gasteiger partial charge in [0.2, 0.25) is 5.91 Å². The van der Waals surface area contributed by atoms with Crippen LogP contribution >= 0.6 is 0 Å². The molecule has 0 heterocycles. The molecule has 0 aliphatic heterocycles. The van der Waals surface area contributed by atoms with Crippen LogP contribution in [-0.2, 0) is 4.79 Å². The fraction of sp³-hybridized carbons (Fsp3) is 0.467. The smallest absolute Gasteiger partial charge is 0.240 e. The normalized spacial score (nSPS) is 16.9. The number of amides is 1. The van der Waals surface area contributed by atoms with Gasteiger partial charge < -0.3 is 10.6 Å². The number of nitrogens with one attached hydrogen (secondary N) is 2. The molecule has 1 aromatic carbocycles. The van der Waals surface area contributed by atoms with Gasteiger partial charge in [0.25, 0.3) is 0 Å². The van der Waals surface area contributed by atoms with Crippen molar-refractivity contribution >= 4 is 11.6 Å². The largest absolute Gasteiger partial charge is 0.376 e. The van der Waals surface area contributed by atoms with Crippen molar-refractivity contribution in [1.82, 2.24) is 5.32 Å². The van der Waals surface area contributed by atoms with Crippen LogP contribution in [0.4, 0.5) is 10.1 Å². The quantitative estimate of drug-likeness (QED) is 0.867. The number of hydrogen-bond donors (Lipinski definition) is 2. The summed E-state index contributed by atoms with van der Waals surface area (Å²) in [6.07, 6.45) is 1.95. The molecule has 5 heteroatoms. The molecule has 106 valence electrons. The number of carbonyl (C=O) groups is 1. The van der Waals surface area contributed by atoms with Gasteiger partial charge in [-0.3, -0.25) is 4.79 Å². The van der Waals surface area contributed by atoms with Gasteiger partial charge in [-0.15, -0.1) is 0 Å². The Bertz CT molecular complexity index is 563. The lowest BCUT2D eigenvalue weighted by molar-refractivity contribution is -0.120. The number of carbonyl (C=O) groups excluding carboxylic acids is 1. The maximum absolute atomic E-state index is 13.4. The molecular formula is C15H18FN3O. The molecule has 2 N–H and O–H groups in total. The molecular weight excluding hydrogens is 257 g/mol. The van der Waals surface area contributed by atoms with Crippen molar-refractivity contribution in [2.24, 2.45) is 5.92 Å². The second-order valence-electron chi connectivity index (χ2n) is 5.45. The van der Waals surface area contributed by atoms with Crippen LogP contribution in [0.5, 0.6) is 0 Å². The SMILES string of the molecule is Cc1ccc(NCC(=O)NC(C)(C#N)C2CC2)cc1F. The maximum atomic E-state index is 13.4. The molecule has 0 spiro atoms. The second-order valence-corrected chi connectivity index (χ2v) is 5.45. The first-order chi connectivity index (χ1) is 9.44. The monoisotopic (exact) mass is 275 g/mol. The average Bonchev–Trinajstić information content (AvgIpc) is 3.25. The van der Waals surface area contributed by atoms with Crippen molar-refractivity contribution in [1.29, 1.82) is 5.26 Å². The van der Waals surface area contributed by atoms with E-state index in [1.165, 1.54) is 6.07 Å². The zero-order valence-electron chi connectivity index (χ0n) is 11.7. The van der Waals surface area contributed by atoms with Crippen LogP contribution in [0.1, 0.15) is 25.3 Å². The van der Waals surface area contributed by atoms with E-state index >= 15 is 0 Å². The molecule has 1 amide bonds. The number of anilines is 1. The van der Waals surface area contributed by atoms with Gasteiger partial charge in [-0.2, -0.15) is 5.26 Å². The lowest BCUT2D eigenvalue weighted by Crippen LogP contribution is -2.48. The van der Waals surface area contributed by atoms with Gasteiger partial charge in [0, 0.05) is 5.69 Å². The Morgan fingerprint density at radius 1 is 1.55 bits per heavy atom. The Hall–Kier alpha value is -2.09. The number of rotatable bonds is 5. The topological polar surface area (TPSA) is 64.9 Å². The summed E-state index contributed by atoms with van der Waals surface area (Å²) in [6, 6.07) is 6.89. The fourth-order valence-electron chi connectivity index (χ4n) is 2.10. The van der Waals surface area contributed by atoms with Gasteiger partial charge in [-0.1, -0.05) is 6.07 Å². The molecule has 1 atom stereocenters. The number of aryl methyl sites for hydroxylation is 1. The number of hydrogen-bond acceptors (Lipinski definition) is 3. The van der Waals surface area contributed by atoms with E-state index in [-0.39, 0.29) is 24.2 Å². The Morgan fingerprint density at radius 3 is 2.80 bits per heavy atom. The Balaban J connectivity index is 1.89. The Labute approximate surface area is 118 Å². The van der Waals surface area contributed by atoms with Gasteiger partial charge in [-0.05, 0) is 50.3 Å². The van der Waals surface area contributed by atoms with Crippen molar-refractivity contribution in [2.75, 3.05) is 11.9 Å². The lowest BCUT2D eigenvalue weighted by atomic mass is 9.98. The highest BCUT2D eigenvalue weighted by molar-refractivity contribution is 5.81. The minimum atomic E-state index is -0.794. The second kappa shape index (κ2) is 5.49. The number of nitriles is 1. The van der Waals surface area contributed by atoms with E-state index in [1.807, 2.05) is 0 Å². The molecule has 1 aromatic rings. The molecule has 1 saturated carbocycles. The molecule has 1 aliphatic rings. The lowest BCUT2D eigenvalue weighted by Gasteiger charge is -2.23. The van der Waals surface area contributed by atoms with Gasteiger partial charge in [0.15, 0.2) is 0 Å². The predicted molar refractivity (Wildman–Crippen MR) is 74.5 cm³/mol. The minimum Gasteiger partial charge on any atom is -0.376 e. The van der Waals surface area contributed by atoms with Gasteiger partial charge >= 0.3 is 0 Å². The first kappa shape index (κ1) is 14.3. The minimum absolute atomic E-state index is 0.0203. The van der Waals surface area contributed by atoms with Crippen LogP contribution in [-0.4, -0.2) is 18.0 Å². The third kappa shape index (κ3) is 3.27. The van der Waals surface area contributed by atoms with Gasteiger partial charge in [-0.25, -0.2) is 4.39 Å². The van der Waals surface area contributed by atoms with E-state index in [2.05, 4.69) is 16.7 Å². The number of benzene rings is 1. The van der Waals surface area contributed by atoms with Gasteiger partial charge in [0.1, 0.15) is 11.4 Å². The van der Waals surface area contributed by atoms with E-state index in [4.69, 9.17) is 5.26 Å². The first-order valence-corrected chi connectivity index (χ1v) is 6.67. The standard InChI is InChI=1S/C15H18FN3O/c1-10-3-6-12(7-13(10)16)18-8-14(20)19-15(2,9-17)11-4-5-11/h3,6-7,11,18H,4-5,8H2,1-2H3,(H,19,20). The van der Waals surface area contributed by atoms with Crippen LogP contribution in [0.3, 0.4) is 0 Å². The first-order valence-electron chi connectivity index (χ1n) is 6.67. The number of halogens is 1. The third-order valence-corrected chi connectivity index (χ3v) is 3.65. The van der Waals surface area contributed by atoms with Crippen LogP contribution in [0.25, 0.3) is 0 Å². The van der Waals surface area contributed by atoms with E-state index in [1.54, 1.807) is 26.0 Å². The predicted octanol–water partition coefficient (Wildman–Crippen LogP) is 2.35. The molecule has 1 unspecified atom stereocenters. The molecule has 4 nitrogen and oxygen atoms in total. The van der Waals surface area contributed by atoms with Crippen molar-refractivity contribution in [3.63, 3.8) is 0 Å². The van der Waals surface area contributed by atoms with E-state index in [9.17, 15) is 9.18 Å². The fourth-order valence-corrected chi connectivity index (χ4v) is 2.10. The highest BCUT2D eigenvalue weighted by atomic mass is 19.1. The summed E-state index contributed by atoms with van der Waals surface area (Å²) in [5.41, 5.74) is 0.316. The van der Waals surface area contributed by atoms with Crippen LogP contribution in [0.15, 0.2) is 18.2 Å². The highest BCUT2D eigenvalue weighted by Gasteiger charge is 2.42. The van der Waals surface area contributed by atoms with E-state index in [0.29, 0.717) is 11.3 Å². The number of nitrogens with zero attached hydrogens (tertiary/aromatic N) is 1. The molecule has 1 fully saturated rings. The maximum Gasteiger partial charge on any atom is 0.240 e. The molecule has 0 bridgehead atoms. The average molecular weight is 275 g/mol. The summed E-state index contributed by atoms with van der Waals surface area (Å²) in [7, 11) is 0. The van der Waals surface area contributed by atoms with Crippen LogP contribution < -0.4 is 10.6 Å². The summed E-state index contributed by atoms with van der Waals surface area (Å²) in [5, 5.41) is 14.8. The molecule has 1 aliphatic carbocycles. The van der Waals surface area contributed by atoms with E-state index < -0.39 is 5.54 Å². The summed E-state index contributed by atoms with van der Waals surface area (Å²) in [5.74, 6) is -0.328. The van der Waals surface area contributed by atoms with Crippen molar-refractivity contribution in [2.45, 2.75) is 32.2 Å².